The molecule has 0 saturated heterocycles. The lowest BCUT2D eigenvalue weighted by Gasteiger charge is -2.21. The van der Waals surface area contributed by atoms with Gasteiger partial charge in [0, 0.05) is 22.2 Å². The molecule has 156 valence electrons. The van der Waals surface area contributed by atoms with Gasteiger partial charge < -0.3 is 14.8 Å². The fourth-order valence-corrected chi connectivity index (χ4v) is 3.90. The smallest absolute Gasteiger partial charge is 0.251 e. The van der Waals surface area contributed by atoms with Crippen LogP contribution in [0.4, 0.5) is 0 Å². The van der Waals surface area contributed by atoms with Crippen molar-refractivity contribution < 1.29 is 14.3 Å². The Kier molecular flexibility index (Phi) is 8.24. The molecule has 0 heterocycles. The third kappa shape index (κ3) is 6.67. The van der Waals surface area contributed by atoms with Crippen LogP contribution in [-0.4, -0.2) is 18.6 Å². The monoisotopic (exact) mass is 415 g/mol. The summed E-state index contributed by atoms with van der Waals surface area (Å²) in [5.74, 6) is 1.39. The molecule has 1 aliphatic carbocycles. The molecule has 5 heteroatoms. The molecule has 4 nitrogen and oxygen atoms in total. The minimum Gasteiger partial charge on any atom is -0.493 e. The van der Waals surface area contributed by atoms with Gasteiger partial charge in [-0.15, -0.1) is 0 Å². The third-order valence-electron chi connectivity index (χ3n) is 5.25. The van der Waals surface area contributed by atoms with Crippen molar-refractivity contribution in [2.75, 3.05) is 6.61 Å². The molecule has 29 heavy (non-hydrogen) atoms. The Morgan fingerprint density at radius 3 is 2.52 bits per heavy atom. The van der Waals surface area contributed by atoms with Crippen LogP contribution in [0.15, 0.2) is 42.5 Å². The number of nitrogens with one attached hydrogen (secondary N) is 1. The van der Waals surface area contributed by atoms with Crippen molar-refractivity contribution in [1.29, 1.82) is 0 Å². The zero-order chi connectivity index (χ0) is 20.5. The molecule has 3 rings (SSSR count). The topological polar surface area (TPSA) is 47.6 Å². The highest BCUT2D eigenvalue weighted by molar-refractivity contribution is 6.30. The molecule has 1 fully saturated rings. The maximum Gasteiger partial charge on any atom is 0.251 e. The summed E-state index contributed by atoms with van der Waals surface area (Å²) >= 11 is 6.03. The van der Waals surface area contributed by atoms with E-state index >= 15 is 0 Å². The first-order valence-corrected chi connectivity index (χ1v) is 11.0. The molecule has 0 aliphatic heterocycles. The van der Waals surface area contributed by atoms with E-state index in [1.807, 2.05) is 37.3 Å². The second-order valence-electron chi connectivity index (χ2n) is 7.52. The number of carbonyl (C=O) groups excluding carboxylic acids is 1. The van der Waals surface area contributed by atoms with Gasteiger partial charge in [0.2, 0.25) is 0 Å². The molecule has 2 aromatic rings. The number of halogens is 1. The number of ether oxygens (including phenoxy) is 2. The Hall–Kier alpha value is -2.20. The van der Waals surface area contributed by atoms with E-state index in [2.05, 4.69) is 5.32 Å². The summed E-state index contributed by atoms with van der Waals surface area (Å²) < 4.78 is 11.6. The van der Waals surface area contributed by atoms with Gasteiger partial charge in [-0.3, -0.25) is 4.79 Å². The molecule has 1 saturated carbocycles. The average molecular weight is 416 g/mol. The highest BCUT2D eigenvalue weighted by atomic mass is 35.5. The number of amides is 1. The molecule has 1 amide bonds. The van der Waals surface area contributed by atoms with Gasteiger partial charge in [0.25, 0.3) is 5.91 Å². The minimum atomic E-state index is -0.0253. The predicted octanol–water partition coefficient (Wildman–Crippen LogP) is 6.16. The predicted molar refractivity (Wildman–Crippen MR) is 117 cm³/mol. The first-order chi connectivity index (χ1) is 14.2. The van der Waals surface area contributed by atoms with Crippen LogP contribution in [0.2, 0.25) is 5.02 Å². The van der Waals surface area contributed by atoms with E-state index in [1.54, 1.807) is 12.1 Å². The van der Waals surface area contributed by atoms with Crippen molar-refractivity contribution in [3.63, 3.8) is 0 Å². The normalized spacial score (nSPS) is 15.2. The van der Waals surface area contributed by atoms with Gasteiger partial charge in [-0.05, 0) is 56.2 Å². The molecule has 2 aromatic carbocycles. The summed E-state index contributed by atoms with van der Waals surface area (Å²) in [5.41, 5.74) is 1.48. The fraction of sp³-hybridized carbons (Fsp3) is 0.458. The van der Waals surface area contributed by atoms with Crippen LogP contribution < -0.4 is 14.8 Å². The van der Waals surface area contributed by atoms with E-state index in [9.17, 15) is 4.79 Å². The minimum absolute atomic E-state index is 0.0253. The van der Waals surface area contributed by atoms with E-state index in [4.69, 9.17) is 21.1 Å². The van der Waals surface area contributed by atoms with Crippen molar-refractivity contribution in [2.24, 2.45) is 0 Å². The molecule has 0 atom stereocenters. The summed E-state index contributed by atoms with van der Waals surface area (Å²) in [4.78, 5) is 12.8. The summed E-state index contributed by atoms with van der Waals surface area (Å²) in [6.07, 6.45) is 8.34. The highest BCUT2D eigenvalue weighted by Crippen LogP contribution is 2.25. The number of benzene rings is 2. The Morgan fingerprint density at radius 2 is 1.79 bits per heavy atom. The van der Waals surface area contributed by atoms with Crippen LogP contribution in [0.3, 0.4) is 0 Å². The number of rotatable bonds is 7. The summed E-state index contributed by atoms with van der Waals surface area (Å²) in [5, 5.41) is 3.85. The van der Waals surface area contributed by atoms with E-state index in [1.165, 1.54) is 32.1 Å². The molecule has 0 aromatic heterocycles. The van der Waals surface area contributed by atoms with E-state index < -0.39 is 0 Å². The second kappa shape index (κ2) is 11.1. The molecule has 0 unspecified atom stereocenters. The zero-order valence-corrected chi connectivity index (χ0v) is 17.8. The van der Waals surface area contributed by atoms with Crippen LogP contribution >= 0.6 is 11.6 Å². The standard InChI is InChI=1S/C24H30ClNO3/c1-2-28-23-14-13-18(24(27)26-21-10-6-4-3-5-7-11-21)15-19(23)17-29-22-12-8-9-20(25)16-22/h8-9,12-16,21H,2-7,10-11,17H2,1H3,(H,26,27). The molecule has 0 spiro atoms. The summed E-state index contributed by atoms with van der Waals surface area (Å²) in [6.45, 7) is 2.80. The van der Waals surface area contributed by atoms with Crippen molar-refractivity contribution in [3.05, 3.63) is 58.6 Å². The maximum atomic E-state index is 12.8. The van der Waals surface area contributed by atoms with Crippen molar-refractivity contribution in [2.45, 2.75) is 64.5 Å². The molecular formula is C24H30ClNO3. The Labute approximate surface area is 178 Å². The zero-order valence-electron chi connectivity index (χ0n) is 17.1. The number of hydrogen-bond donors (Lipinski definition) is 1. The van der Waals surface area contributed by atoms with Gasteiger partial charge in [0.15, 0.2) is 0 Å². The van der Waals surface area contributed by atoms with Crippen LogP contribution in [-0.2, 0) is 6.61 Å². The second-order valence-corrected chi connectivity index (χ2v) is 7.95. The lowest BCUT2D eigenvalue weighted by molar-refractivity contribution is 0.0930. The van der Waals surface area contributed by atoms with Gasteiger partial charge in [-0.25, -0.2) is 0 Å². The Balaban J connectivity index is 1.70. The Morgan fingerprint density at radius 1 is 1.03 bits per heavy atom. The summed E-state index contributed by atoms with van der Waals surface area (Å²) in [6, 6.07) is 13.1. The Bertz CT molecular complexity index is 800. The van der Waals surface area contributed by atoms with E-state index in [0.29, 0.717) is 29.5 Å². The molecular weight excluding hydrogens is 386 g/mol. The van der Waals surface area contributed by atoms with Gasteiger partial charge in [-0.2, -0.15) is 0 Å². The van der Waals surface area contributed by atoms with Gasteiger partial charge in [0.05, 0.1) is 6.61 Å². The number of carbonyl (C=O) groups is 1. The largest absolute Gasteiger partial charge is 0.493 e. The summed E-state index contributed by atoms with van der Waals surface area (Å²) in [7, 11) is 0. The van der Waals surface area contributed by atoms with Crippen LogP contribution in [0, 0.1) is 0 Å². The van der Waals surface area contributed by atoms with Crippen LogP contribution in [0.1, 0.15) is 67.8 Å². The van der Waals surface area contributed by atoms with Crippen molar-refractivity contribution in [1.82, 2.24) is 5.32 Å². The fourth-order valence-electron chi connectivity index (χ4n) is 3.72. The molecule has 1 aliphatic rings. The van der Waals surface area contributed by atoms with Crippen LogP contribution in [0.5, 0.6) is 11.5 Å². The SMILES string of the molecule is CCOc1ccc(C(=O)NC2CCCCCCC2)cc1COc1cccc(Cl)c1. The van der Waals surface area contributed by atoms with Crippen molar-refractivity contribution in [3.8, 4) is 11.5 Å². The average Bonchev–Trinajstić information content (AvgIpc) is 2.69. The quantitative estimate of drug-likeness (QED) is 0.589. The van der Waals surface area contributed by atoms with Crippen LogP contribution in [0.25, 0.3) is 0 Å². The highest BCUT2D eigenvalue weighted by Gasteiger charge is 2.17. The maximum absolute atomic E-state index is 12.8. The first-order valence-electron chi connectivity index (χ1n) is 10.6. The lowest BCUT2D eigenvalue weighted by atomic mass is 9.96. The van der Waals surface area contributed by atoms with Gasteiger partial charge in [-0.1, -0.05) is 49.8 Å². The molecule has 0 bridgehead atoms. The molecule has 0 radical (unpaired) electrons. The van der Waals surface area contributed by atoms with Crippen molar-refractivity contribution >= 4 is 17.5 Å². The number of hydrogen-bond acceptors (Lipinski definition) is 3. The lowest BCUT2D eigenvalue weighted by Crippen LogP contribution is -2.35. The van der Waals surface area contributed by atoms with E-state index in [0.717, 1.165) is 24.2 Å². The first kappa shape index (κ1) is 21.5. The van der Waals surface area contributed by atoms with Gasteiger partial charge in [0.1, 0.15) is 18.1 Å². The van der Waals surface area contributed by atoms with Gasteiger partial charge >= 0.3 is 0 Å². The van der Waals surface area contributed by atoms with E-state index in [-0.39, 0.29) is 11.9 Å². The molecule has 1 N–H and O–H groups in total. The third-order valence-corrected chi connectivity index (χ3v) is 5.49.